The molecule has 4 rings (SSSR count). The first-order valence-corrected chi connectivity index (χ1v) is 12.4. The molecule has 0 saturated heterocycles. The number of nitrogen functional groups attached to an aromatic ring is 1. The van der Waals surface area contributed by atoms with Crippen LogP contribution in [0, 0.1) is 0 Å². The van der Waals surface area contributed by atoms with E-state index < -0.39 is 17.0 Å². The van der Waals surface area contributed by atoms with E-state index >= 15 is 0 Å². The summed E-state index contributed by atoms with van der Waals surface area (Å²) in [6.07, 6.45) is 6.76. The van der Waals surface area contributed by atoms with E-state index in [2.05, 4.69) is 6.58 Å². The van der Waals surface area contributed by atoms with Gasteiger partial charge < -0.3 is 5.73 Å². The molecule has 33 heavy (non-hydrogen) atoms. The van der Waals surface area contributed by atoms with Crippen LogP contribution in [0.4, 0.5) is 5.82 Å². The van der Waals surface area contributed by atoms with Crippen LogP contribution in [-0.2, 0) is 33.5 Å². The van der Waals surface area contributed by atoms with Crippen molar-refractivity contribution in [2.75, 3.05) is 11.5 Å². The number of hydrogen-bond acceptors (Lipinski definition) is 8. The van der Waals surface area contributed by atoms with Crippen LogP contribution in [0.1, 0.15) is 40.1 Å². The molecule has 174 valence electrons. The van der Waals surface area contributed by atoms with E-state index in [4.69, 9.17) is 10.7 Å². The number of thiophene rings is 1. The number of carbonyl (C=O) groups excluding carboxylic acids is 1. The van der Waals surface area contributed by atoms with E-state index in [0.29, 0.717) is 15.4 Å². The Kier molecular flexibility index (Phi) is 6.44. The van der Waals surface area contributed by atoms with Gasteiger partial charge in [0.1, 0.15) is 16.2 Å². The van der Waals surface area contributed by atoms with Crippen LogP contribution >= 0.6 is 23.1 Å². The average Bonchev–Trinajstić information content (AvgIpc) is 2.98. The normalized spacial score (nSPS) is 13.6. The summed E-state index contributed by atoms with van der Waals surface area (Å²) in [6.45, 7) is 4.00. The van der Waals surface area contributed by atoms with Gasteiger partial charge in [-0.15, -0.1) is 17.9 Å². The molecule has 0 amide bonds. The zero-order valence-corrected chi connectivity index (χ0v) is 20.2. The van der Waals surface area contributed by atoms with Crippen molar-refractivity contribution in [1.82, 2.24) is 18.7 Å². The fraction of sp³-hybridized carbons (Fsp3) is 0.409. The summed E-state index contributed by atoms with van der Waals surface area (Å²) in [6, 6.07) is 0. The van der Waals surface area contributed by atoms with E-state index in [1.54, 1.807) is 17.4 Å². The summed E-state index contributed by atoms with van der Waals surface area (Å²) >= 11 is 2.62. The molecule has 0 radical (unpaired) electrons. The number of fused-ring (bicyclic) bond motifs is 3. The minimum absolute atomic E-state index is 0.133. The zero-order chi connectivity index (χ0) is 23.9. The molecule has 11 heteroatoms. The lowest BCUT2D eigenvalue weighted by Gasteiger charge is -2.12. The fourth-order valence-corrected chi connectivity index (χ4v) is 6.30. The topological polar surface area (TPSA) is 122 Å². The highest BCUT2D eigenvalue weighted by molar-refractivity contribution is 7.99. The van der Waals surface area contributed by atoms with Gasteiger partial charge in [-0.3, -0.25) is 28.1 Å². The van der Waals surface area contributed by atoms with Gasteiger partial charge in [0.15, 0.2) is 10.9 Å². The van der Waals surface area contributed by atoms with Gasteiger partial charge in [-0.05, 0) is 31.2 Å². The molecular weight excluding hydrogens is 462 g/mol. The first-order chi connectivity index (χ1) is 15.8. The predicted molar refractivity (Wildman–Crippen MR) is 132 cm³/mol. The molecule has 0 aromatic carbocycles. The van der Waals surface area contributed by atoms with Gasteiger partial charge >= 0.3 is 5.69 Å². The summed E-state index contributed by atoms with van der Waals surface area (Å²) in [5.74, 6) is -0.865. The summed E-state index contributed by atoms with van der Waals surface area (Å²) in [5, 5.41) is 1.06. The second kappa shape index (κ2) is 9.14. The first-order valence-electron chi connectivity index (χ1n) is 10.6. The maximum Gasteiger partial charge on any atom is 0.332 e. The van der Waals surface area contributed by atoms with Crippen molar-refractivity contribution in [3.63, 3.8) is 0 Å². The number of hydrogen-bond donors (Lipinski definition) is 1. The van der Waals surface area contributed by atoms with Crippen molar-refractivity contribution < 1.29 is 4.79 Å². The number of nitrogens with zero attached hydrogens (tertiary/aromatic N) is 4. The maximum atomic E-state index is 13.4. The van der Waals surface area contributed by atoms with E-state index in [1.807, 2.05) is 0 Å². The van der Waals surface area contributed by atoms with Crippen molar-refractivity contribution in [2.45, 2.75) is 43.8 Å². The number of ketones is 1. The Morgan fingerprint density at radius 3 is 2.61 bits per heavy atom. The zero-order valence-electron chi connectivity index (χ0n) is 18.5. The number of thioether (sulfide) groups is 1. The Bertz CT molecular complexity index is 1460. The number of aromatic nitrogens is 4. The molecule has 0 bridgehead atoms. The molecule has 3 heterocycles. The van der Waals surface area contributed by atoms with Crippen LogP contribution < -0.4 is 22.5 Å². The summed E-state index contributed by atoms with van der Waals surface area (Å²) in [4.78, 5) is 57.5. The summed E-state index contributed by atoms with van der Waals surface area (Å²) in [7, 11) is 2.70. The lowest BCUT2D eigenvalue weighted by molar-refractivity contribution is 0.102. The smallest absolute Gasteiger partial charge is 0.332 e. The average molecular weight is 488 g/mol. The quantitative estimate of drug-likeness (QED) is 0.185. The molecule has 1 aliphatic carbocycles. The Balaban J connectivity index is 1.74. The molecule has 2 N–H and O–H groups in total. The molecular formula is C22H25N5O4S2. The monoisotopic (exact) mass is 487 g/mol. The van der Waals surface area contributed by atoms with Crippen molar-refractivity contribution in [3.05, 3.63) is 59.9 Å². The SMILES string of the molecule is C=CCn1c(SCC(=O)c2c(N)n(C)c(=O)n(C)c2=O)nc2sc3c(c2c1=O)CCCCC3. The number of Topliss-reactive ketones (excluding diaryl/α,β-unsaturated/α-hetero) is 1. The highest BCUT2D eigenvalue weighted by atomic mass is 32.2. The molecule has 0 aliphatic heterocycles. The third-order valence-electron chi connectivity index (χ3n) is 5.92. The third kappa shape index (κ3) is 3.99. The number of carbonyl (C=O) groups is 1. The lowest BCUT2D eigenvalue weighted by Crippen LogP contribution is -2.41. The molecule has 1 aliphatic rings. The highest BCUT2D eigenvalue weighted by Crippen LogP contribution is 2.34. The highest BCUT2D eigenvalue weighted by Gasteiger charge is 2.24. The summed E-state index contributed by atoms with van der Waals surface area (Å²) < 4.78 is 3.44. The first kappa shape index (κ1) is 23.2. The Morgan fingerprint density at radius 2 is 1.88 bits per heavy atom. The second-order valence-electron chi connectivity index (χ2n) is 8.02. The van der Waals surface area contributed by atoms with Crippen molar-refractivity contribution in [3.8, 4) is 0 Å². The molecule has 9 nitrogen and oxygen atoms in total. The standard InChI is InChI=1S/C22H25N5O4S2/c1-4-10-27-20(30)15-12-8-6-5-7-9-14(12)33-18(15)24-21(27)32-11-13(28)16-17(23)25(2)22(31)26(3)19(16)29/h4H,1,5-11,23H2,2-3H3. The molecule has 0 atom stereocenters. The molecule has 0 spiro atoms. The Labute approximate surface area is 197 Å². The van der Waals surface area contributed by atoms with E-state index in [-0.39, 0.29) is 29.2 Å². The van der Waals surface area contributed by atoms with E-state index in [1.165, 1.54) is 23.5 Å². The van der Waals surface area contributed by atoms with Crippen LogP contribution in [0.5, 0.6) is 0 Å². The van der Waals surface area contributed by atoms with Gasteiger partial charge in [-0.1, -0.05) is 24.3 Å². The van der Waals surface area contributed by atoms with Crippen LogP contribution in [0.3, 0.4) is 0 Å². The van der Waals surface area contributed by atoms with Gasteiger partial charge in [-0.25, -0.2) is 9.78 Å². The van der Waals surface area contributed by atoms with E-state index in [9.17, 15) is 19.2 Å². The van der Waals surface area contributed by atoms with Gasteiger partial charge in [0, 0.05) is 25.5 Å². The number of anilines is 1. The van der Waals surface area contributed by atoms with Gasteiger partial charge in [0.2, 0.25) is 0 Å². The molecule has 0 unspecified atom stereocenters. The number of rotatable bonds is 6. The van der Waals surface area contributed by atoms with Crippen LogP contribution in [-0.4, -0.2) is 30.2 Å². The number of nitrogens with two attached hydrogens (primary N) is 1. The summed E-state index contributed by atoms with van der Waals surface area (Å²) in [5.41, 5.74) is 5.29. The minimum Gasteiger partial charge on any atom is -0.384 e. The number of allylic oxidation sites excluding steroid dienone is 1. The largest absolute Gasteiger partial charge is 0.384 e. The number of aryl methyl sites for hydroxylation is 2. The maximum absolute atomic E-state index is 13.4. The molecule has 3 aromatic heterocycles. The van der Waals surface area contributed by atoms with Gasteiger partial charge in [0.25, 0.3) is 11.1 Å². The Hall–Kier alpha value is -2.92. The van der Waals surface area contributed by atoms with Crippen LogP contribution in [0.15, 0.2) is 32.2 Å². The van der Waals surface area contributed by atoms with Crippen molar-refractivity contribution in [1.29, 1.82) is 0 Å². The molecule has 3 aromatic rings. The van der Waals surface area contributed by atoms with Gasteiger partial charge in [0.05, 0.1) is 11.1 Å². The van der Waals surface area contributed by atoms with E-state index in [0.717, 1.165) is 58.6 Å². The molecule has 0 fully saturated rings. The van der Waals surface area contributed by atoms with Gasteiger partial charge in [-0.2, -0.15) is 0 Å². The third-order valence-corrected chi connectivity index (χ3v) is 8.08. The second-order valence-corrected chi connectivity index (χ2v) is 10.0. The predicted octanol–water partition coefficient (Wildman–Crippen LogP) is 1.87. The minimum atomic E-state index is -0.741. The van der Waals surface area contributed by atoms with Crippen LogP contribution in [0.2, 0.25) is 0 Å². The Morgan fingerprint density at radius 1 is 1.15 bits per heavy atom. The van der Waals surface area contributed by atoms with Crippen LogP contribution in [0.25, 0.3) is 10.2 Å². The van der Waals surface area contributed by atoms with Crippen molar-refractivity contribution in [2.24, 2.45) is 14.1 Å². The fourth-order valence-electron chi connectivity index (χ4n) is 4.12. The molecule has 0 saturated carbocycles. The lowest BCUT2D eigenvalue weighted by atomic mass is 10.1. The van der Waals surface area contributed by atoms with Crippen molar-refractivity contribution >= 4 is 44.9 Å².